The van der Waals surface area contributed by atoms with Gasteiger partial charge in [0.15, 0.2) is 0 Å². The molecule has 0 spiro atoms. The lowest BCUT2D eigenvalue weighted by Gasteiger charge is -2.37. The Kier molecular flexibility index (Phi) is 8.31. The fourth-order valence-electron chi connectivity index (χ4n) is 5.81. The molecular formula is C31H36F2. The number of hydrogen-bond donors (Lipinski definition) is 0. The van der Waals surface area contributed by atoms with Gasteiger partial charge in [-0.1, -0.05) is 112 Å². The van der Waals surface area contributed by atoms with Crippen LogP contribution in [0.4, 0.5) is 8.78 Å². The summed E-state index contributed by atoms with van der Waals surface area (Å²) in [5.74, 6) is 1.02. The van der Waals surface area contributed by atoms with E-state index in [9.17, 15) is 4.39 Å². The maximum Gasteiger partial charge on any atom is 0.131 e. The van der Waals surface area contributed by atoms with Gasteiger partial charge in [0, 0.05) is 5.56 Å². The van der Waals surface area contributed by atoms with E-state index in [1.807, 2.05) is 48.5 Å². The van der Waals surface area contributed by atoms with Crippen LogP contribution in [0.5, 0.6) is 0 Å². The highest BCUT2D eigenvalue weighted by Gasteiger charge is 2.32. The quantitative estimate of drug-likeness (QED) is 0.307. The van der Waals surface area contributed by atoms with Gasteiger partial charge in [-0.3, -0.25) is 4.39 Å². The van der Waals surface area contributed by atoms with Crippen LogP contribution in [-0.2, 0) is 0 Å². The van der Waals surface area contributed by atoms with Crippen molar-refractivity contribution in [2.24, 2.45) is 11.8 Å². The molecule has 174 valence electrons. The van der Waals surface area contributed by atoms with Crippen LogP contribution in [0.1, 0.15) is 69.8 Å². The van der Waals surface area contributed by atoms with Gasteiger partial charge in [0.2, 0.25) is 0 Å². The zero-order valence-electron chi connectivity index (χ0n) is 19.8. The molecule has 0 N–H and O–H groups in total. The normalized spacial score (nSPS) is 19.4. The highest BCUT2D eigenvalue weighted by Crippen LogP contribution is 2.44. The second kappa shape index (κ2) is 11.6. The van der Waals surface area contributed by atoms with Crippen molar-refractivity contribution in [2.45, 2.75) is 64.2 Å². The van der Waals surface area contributed by atoms with Crippen LogP contribution in [0.3, 0.4) is 0 Å². The fourth-order valence-corrected chi connectivity index (χ4v) is 5.81. The Bertz CT molecular complexity index is 993. The second-order valence-electron chi connectivity index (χ2n) is 9.62. The van der Waals surface area contributed by atoms with E-state index in [1.165, 1.54) is 38.5 Å². The predicted molar refractivity (Wildman–Crippen MR) is 136 cm³/mol. The number of halogens is 2. The van der Waals surface area contributed by atoms with Crippen LogP contribution in [0, 0.1) is 17.7 Å². The highest BCUT2D eigenvalue weighted by atomic mass is 19.1. The molecule has 3 aromatic carbocycles. The molecule has 1 fully saturated rings. The molecule has 0 aromatic heterocycles. The average Bonchev–Trinajstić information content (AvgIpc) is 2.87. The Balaban J connectivity index is 1.57. The van der Waals surface area contributed by atoms with Gasteiger partial charge in [-0.05, 0) is 58.9 Å². The molecule has 0 bridgehead atoms. The van der Waals surface area contributed by atoms with E-state index in [1.54, 1.807) is 6.07 Å². The highest BCUT2D eigenvalue weighted by molar-refractivity contribution is 5.70. The Hall–Kier alpha value is -2.48. The molecule has 0 aliphatic heterocycles. The summed E-state index contributed by atoms with van der Waals surface area (Å²) in [6.45, 7) is 1.89. The number of alkyl halides is 1. The minimum atomic E-state index is -0.341. The summed E-state index contributed by atoms with van der Waals surface area (Å²) in [4.78, 5) is 0. The number of hydrogen-bond acceptors (Lipinski definition) is 0. The Morgan fingerprint density at radius 1 is 0.848 bits per heavy atom. The molecule has 3 unspecified atom stereocenters. The molecule has 0 radical (unpaired) electrons. The monoisotopic (exact) mass is 446 g/mol. The number of rotatable bonds is 9. The van der Waals surface area contributed by atoms with Crippen LogP contribution in [-0.4, -0.2) is 6.67 Å². The molecule has 0 saturated heterocycles. The molecule has 0 heterocycles. The maximum atomic E-state index is 15.3. The van der Waals surface area contributed by atoms with Gasteiger partial charge in [0.1, 0.15) is 5.82 Å². The Morgan fingerprint density at radius 3 is 2.24 bits per heavy atom. The van der Waals surface area contributed by atoms with Crippen LogP contribution >= 0.6 is 0 Å². The molecule has 2 heteroatoms. The van der Waals surface area contributed by atoms with Gasteiger partial charge in [0.05, 0.1) is 6.67 Å². The fraction of sp³-hybridized carbons (Fsp3) is 0.419. The van der Waals surface area contributed by atoms with Gasteiger partial charge < -0.3 is 0 Å². The standard InChI is InChI=1S/C31H36F2/c1-2-3-9-25-12-7-8-13-28(25)29(20-21-32)27-18-19-30(31(33)22-27)26-16-14-24(15-17-26)23-10-5-4-6-11-23/h4-6,10-11,14-19,22,25,28-29H,2-3,7-9,12-13,20-21H2,1H3. The lowest BCUT2D eigenvalue weighted by atomic mass is 9.68. The molecule has 3 atom stereocenters. The first-order valence-corrected chi connectivity index (χ1v) is 12.7. The van der Waals surface area contributed by atoms with Crippen LogP contribution < -0.4 is 0 Å². The molecule has 1 saturated carbocycles. The SMILES string of the molecule is CCCCC1CCCCC1C(CCF)c1ccc(-c2ccc(-c3ccccc3)cc2)c(F)c1. The van der Waals surface area contributed by atoms with Crippen molar-refractivity contribution in [3.63, 3.8) is 0 Å². The van der Waals surface area contributed by atoms with E-state index < -0.39 is 0 Å². The first-order chi connectivity index (χ1) is 16.2. The molecular weight excluding hydrogens is 410 g/mol. The summed E-state index contributed by atoms with van der Waals surface area (Å²) >= 11 is 0. The first-order valence-electron chi connectivity index (χ1n) is 12.7. The third kappa shape index (κ3) is 5.72. The summed E-state index contributed by atoms with van der Waals surface area (Å²) < 4.78 is 28.9. The molecule has 3 aromatic rings. The molecule has 33 heavy (non-hydrogen) atoms. The van der Waals surface area contributed by atoms with Gasteiger partial charge in [0.25, 0.3) is 0 Å². The van der Waals surface area contributed by atoms with E-state index in [4.69, 9.17) is 0 Å². The lowest BCUT2D eigenvalue weighted by Crippen LogP contribution is -2.26. The van der Waals surface area contributed by atoms with E-state index in [2.05, 4.69) is 25.1 Å². The third-order valence-electron chi connectivity index (χ3n) is 7.56. The van der Waals surface area contributed by atoms with Crippen LogP contribution in [0.15, 0.2) is 72.8 Å². The topological polar surface area (TPSA) is 0 Å². The largest absolute Gasteiger partial charge is 0.251 e. The number of benzene rings is 3. The summed E-state index contributed by atoms with van der Waals surface area (Å²) in [5, 5.41) is 0. The number of unbranched alkanes of at least 4 members (excludes halogenated alkanes) is 1. The Labute approximate surface area is 198 Å². The van der Waals surface area contributed by atoms with E-state index in [0.29, 0.717) is 23.8 Å². The van der Waals surface area contributed by atoms with E-state index in [0.717, 1.165) is 28.7 Å². The van der Waals surface area contributed by atoms with Crippen LogP contribution in [0.2, 0.25) is 0 Å². The average molecular weight is 447 g/mol. The second-order valence-corrected chi connectivity index (χ2v) is 9.62. The Morgan fingerprint density at radius 2 is 1.55 bits per heavy atom. The maximum absolute atomic E-state index is 15.3. The van der Waals surface area contributed by atoms with Crippen molar-refractivity contribution >= 4 is 0 Å². The summed E-state index contributed by atoms with van der Waals surface area (Å²) in [5.41, 5.74) is 4.74. The van der Waals surface area contributed by atoms with Crippen LogP contribution in [0.25, 0.3) is 22.3 Å². The molecule has 0 nitrogen and oxygen atoms in total. The molecule has 1 aliphatic rings. The zero-order valence-corrected chi connectivity index (χ0v) is 19.8. The summed E-state index contributed by atoms with van der Waals surface area (Å²) in [6, 6.07) is 23.9. The smallest absolute Gasteiger partial charge is 0.131 e. The molecule has 1 aliphatic carbocycles. The van der Waals surface area contributed by atoms with Gasteiger partial charge >= 0.3 is 0 Å². The van der Waals surface area contributed by atoms with Crippen molar-refractivity contribution in [3.05, 3.63) is 84.2 Å². The van der Waals surface area contributed by atoms with Gasteiger partial charge in [-0.15, -0.1) is 0 Å². The predicted octanol–water partition coefficient (Wildman–Crippen LogP) is 9.60. The lowest BCUT2D eigenvalue weighted by molar-refractivity contribution is 0.175. The first kappa shape index (κ1) is 23.7. The zero-order chi connectivity index (χ0) is 23.0. The van der Waals surface area contributed by atoms with Crippen molar-refractivity contribution in [3.8, 4) is 22.3 Å². The van der Waals surface area contributed by atoms with E-state index >= 15 is 4.39 Å². The summed E-state index contributed by atoms with van der Waals surface area (Å²) in [7, 11) is 0. The molecule has 4 rings (SSSR count). The third-order valence-corrected chi connectivity index (χ3v) is 7.56. The minimum Gasteiger partial charge on any atom is -0.251 e. The van der Waals surface area contributed by atoms with Crippen molar-refractivity contribution in [1.29, 1.82) is 0 Å². The van der Waals surface area contributed by atoms with Gasteiger partial charge in [-0.25, -0.2) is 4.39 Å². The summed E-state index contributed by atoms with van der Waals surface area (Å²) in [6.07, 6.45) is 9.02. The van der Waals surface area contributed by atoms with Gasteiger partial charge in [-0.2, -0.15) is 0 Å². The molecule has 0 amide bonds. The van der Waals surface area contributed by atoms with Crippen molar-refractivity contribution < 1.29 is 8.78 Å². The van der Waals surface area contributed by atoms with E-state index in [-0.39, 0.29) is 18.4 Å². The minimum absolute atomic E-state index is 0.112. The van der Waals surface area contributed by atoms with Crippen molar-refractivity contribution in [1.82, 2.24) is 0 Å². The van der Waals surface area contributed by atoms with Crippen molar-refractivity contribution in [2.75, 3.05) is 6.67 Å².